The number of sulfone groups is 1. The highest BCUT2D eigenvalue weighted by atomic mass is 79.9. The molecule has 0 saturated carbocycles. The van der Waals surface area contributed by atoms with Gasteiger partial charge >= 0.3 is 0 Å². The highest BCUT2D eigenvalue weighted by molar-refractivity contribution is 9.10. The number of hydrogen-bond acceptors (Lipinski definition) is 6. The van der Waals surface area contributed by atoms with Gasteiger partial charge in [-0.3, -0.25) is 9.59 Å². The molecule has 3 aromatic rings. The van der Waals surface area contributed by atoms with Crippen molar-refractivity contribution in [2.45, 2.75) is 43.4 Å². The molecule has 0 fully saturated rings. The maximum atomic E-state index is 13.4. The molecule has 3 heterocycles. The van der Waals surface area contributed by atoms with Crippen molar-refractivity contribution >= 4 is 70.8 Å². The normalized spacial score (nSPS) is 16.3. The predicted octanol–water partition coefficient (Wildman–Crippen LogP) is 4.55. The summed E-state index contributed by atoms with van der Waals surface area (Å²) in [6, 6.07) is 6.09. The number of carbonyl (C=O) groups is 2. The third-order valence-electron chi connectivity index (χ3n) is 5.37. The van der Waals surface area contributed by atoms with Crippen molar-refractivity contribution in [3.8, 4) is 5.82 Å². The van der Waals surface area contributed by atoms with Crippen molar-refractivity contribution in [2.75, 3.05) is 5.32 Å². The van der Waals surface area contributed by atoms with Gasteiger partial charge in [-0.25, -0.2) is 18.1 Å². The van der Waals surface area contributed by atoms with Crippen LogP contribution in [-0.4, -0.2) is 46.3 Å². The lowest BCUT2D eigenvalue weighted by Crippen LogP contribution is -2.32. The molecule has 35 heavy (non-hydrogen) atoms. The van der Waals surface area contributed by atoms with Crippen LogP contribution in [0.3, 0.4) is 0 Å². The summed E-state index contributed by atoms with van der Waals surface area (Å²) in [7, 11) is -3.77. The van der Waals surface area contributed by atoms with Gasteiger partial charge < -0.3 is 10.6 Å². The molecule has 0 bridgehead atoms. The van der Waals surface area contributed by atoms with Gasteiger partial charge in [-0.2, -0.15) is 5.10 Å². The minimum absolute atomic E-state index is 0.0422. The largest absolute Gasteiger partial charge is 0.350 e. The van der Waals surface area contributed by atoms with E-state index in [0.717, 1.165) is 0 Å². The number of fused-ring (bicyclic) bond motifs is 1. The Morgan fingerprint density at radius 1 is 1.23 bits per heavy atom. The number of anilines is 1. The van der Waals surface area contributed by atoms with Crippen LogP contribution >= 0.6 is 43.5 Å². The monoisotopic (exact) mass is 643 g/mol. The first-order valence-corrected chi connectivity index (χ1v) is 14.0. The Hall–Kier alpha value is -2.28. The number of pyridine rings is 1. The average molecular weight is 646 g/mol. The van der Waals surface area contributed by atoms with E-state index in [4.69, 9.17) is 11.6 Å². The van der Waals surface area contributed by atoms with E-state index in [-0.39, 0.29) is 45.1 Å². The molecular weight excluding hydrogens is 626 g/mol. The highest BCUT2D eigenvalue weighted by Gasteiger charge is 2.40. The molecule has 184 valence electrons. The van der Waals surface area contributed by atoms with Gasteiger partial charge in [-0.1, -0.05) is 11.6 Å². The number of rotatable bonds is 5. The van der Waals surface area contributed by atoms with Crippen molar-refractivity contribution in [3.63, 3.8) is 0 Å². The van der Waals surface area contributed by atoms with E-state index in [1.807, 2.05) is 0 Å². The summed E-state index contributed by atoms with van der Waals surface area (Å²) < 4.78 is 28.3. The van der Waals surface area contributed by atoms with E-state index in [1.165, 1.54) is 16.9 Å². The fourth-order valence-electron chi connectivity index (χ4n) is 3.84. The molecule has 2 N–H and O–H groups in total. The van der Waals surface area contributed by atoms with Gasteiger partial charge in [0.1, 0.15) is 10.3 Å². The first-order valence-electron chi connectivity index (χ1n) is 10.5. The van der Waals surface area contributed by atoms with Crippen LogP contribution in [0.2, 0.25) is 5.02 Å². The lowest BCUT2D eigenvalue weighted by molar-refractivity contribution is 0.0940. The number of carbonyl (C=O) groups excluding carboxylic acids is 2. The third-order valence-corrected chi connectivity index (χ3v) is 8.94. The van der Waals surface area contributed by atoms with Gasteiger partial charge in [-0.05, 0) is 82.8 Å². The molecule has 0 saturated heterocycles. The third kappa shape index (κ3) is 4.76. The quantitative estimate of drug-likeness (QED) is 0.420. The standard InChI is InChI=1S/C22H20Br2ClN5O4S/c1-10(2)27-22(32)17-18(13(23)8-12-7-11(3)35(33,34)19(12)17)28-21(31)15-9-16(24)29-30(15)20-14(25)5-4-6-26-20/h4-6,8-11H,7H2,1-3H3,(H,27,32)(H,28,31). The number of nitrogens with zero attached hydrogens (tertiary/aromatic N) is 3. The number of hydrogen-bond donors (Lipinski definition) is 2. The number of halogens is 3. The summed E-state index contributed by atoms with van der Waals surface area (Å²) in [5.74, 6) is -1.02. The molecule has 1 aliphatic heterocycles. The summed E-state index contributed by atoms with van der Waals surface area (Å²) >= 11 is 12.9. The van der Waals surface area contributed by atoms with Crippen LogP contribution < -0.4 is 10.6 Å². The van der Waals surface area contributed by atoms with Crippen molar-refractivity contribution in [2.24, 2.45) is 0 Å². The molecular formula is C22H20Br2ClN5O4S. The molecule has 1 aliphatic rings. The Balaban J connectivity index is 1.86. The van der Waals surface area contributed by atoms with Gasteiger partial charge in [0.05, 0.1) is 26.4 Å². The number of benzene rings is 1. The highest BCUT2D eigenvalue weighted by Crippen LogP contribution is 2.41. The molecule has 1 aromatic carbocycles. The average Bonchev–Trinajstić information content (AvgIpc) is 3.25. The molecule has 0 spiro atoms. The Kier molecular flexibility index (Phi) is 7.11. The van der Waals surface area contributed by atoms with Crippen molar-refractivity contribution in [3.05, 3.63) is 61.4 Å². The summed E-state index contributed by atoms with van der Waals surface area (Å²) in [6.45, 7) is 5.12. The van der Waals surface area contributed by atoms with Gasteiger partial charge in [0.25, 0.3) is 11.8 Å². The maximum Gasteiger partial charge on any atom is 0.274 e. The van der Waals surface area contributed by atoms with Crippen molar-refractivity contribution in [1.29, 1.82) is 0 Å². The van der Waals surface area contributed by atoms with Gasteiger partial charge in [0.2, 0.25) is 0 Å². The molecule has 0 radical (unpaired) electrons. The second-order valence-electron chi connectivity index (χ2n) is 8.31. The van der Waals surface area contributed by atoms with Crippen LogP contribution in [0.1, 0.15) is 47.2 Å². The topological polar surface area (TPSA) is 123 Å². The van der Waals surface area contributed by atoms with E-state index in [0.29, 0.717) is 14.6 Å². The smallest absolute Gasteiger partial charge is 0.274 e. The zero-order valence-electron chi connectivity index (χ0n) is 18.8. The second kappa shape index (κ2) is 9.64. The molecule has 2 aromatic heterocycles. The van der Waals surface area contributed by atoms with Gasteiger partial charge in [-0.15, -0.1) is 0 Å². The molecule has 4 rings (SSSR count). The summed E-state index contributed by atoms with van der Waals surface area (Å²) in [5.41, 5.74) is 0.517. The zero-order valence-corrected chi connectivity index (χ0v) is 23.5. The molecule has 13 heteroatoms. The van der Waals surface area contributed by atoms with E-state index in [9.17, 15) is 18.0 Å². The number of nitrogens with one attached hydrogen (secondary N) is 2. The summed E-state index contributed by atoms with van der Waals surface area (Å²) in [6.07, 6.45) is 1.78. The van der Waals surface area contributed by atoms with E-state index < -0.39 is 26.9 Å². The minimum atomic E-state index is -3.77. The van der Waals surface area contributed by atoms with Crippen LogP contribution in [0.4, 0.5) is 5.69 Å². The van der Waals surface area contributed by atoms with Gasteiger partial charge in [0, 0.05) is 22.8 Å². The molecule has 9 nitrogen and oxygen atoms in total. The van der Waals surface area contributed by atoms with Crippen molar-refractivity contribution < 1.29 is 18.0 Å². The number of aromatic nitrogens is 3. The molecule has 1 unspecified atom stereocenters. The maximum absolute atomic E-state index is 13.4. The predicted molar refractivity (Wildman–Crippen MR) is 139 cm³/mol. The minimum Gasteiger partial charge on any atom is -0.350 e. The first kappa shape index (κ1) is 25.8. The molecule has 2 amide bonds. The SMILES string of the molecule is CC(C)NC(=O)c1c(NC(=O)c2cc(Br)nn2-c2ncccc2Cl)c(Br)cc2c1S(=O)(=O)C(C)C2. The Labute approximate surface area is 223 Å². The van der Waals surface area contributed by atoms with Crippen LogP contribution in [0.15, 0.2) is 44.4 Å². The van der Waals surface area contributed by atoms with E-state index in [1.54, 1.807) is 39.0 Å². The number of amides is 2. The molecule has 0 aliphatic carbocycles. The van der Waals surface area contributed by atoms with Crippen molar-refractivity contribution in [1.82, 2.24) is 20.1 Å². The van der Waals surface area contributed by atoms with Gasteiger partial charge in [0.15, 0.2) is 15.7 Å². The Morgan fingerprint density at radius 3 is 2.60 bits per heavy atom. The lowest BCUT2D eigenvalue weighted by Gasteiger charge is -2.18. The zero-order chi connectivity index (χ0) is 25.7. The second-order valence-corrected chi connectivity index (χ2v) is 12.7. The lowest BCUT2D eigenvalue weighted by atomic mass is 10.0. The summed E-state index contributed by atoms with van der Waals surface area (Å²) in [5, 5.41) is 9.29. The van der Waals surface area contributed by atoms with Crippen LogP contribution in [-0.2, 0) is 16.3 Å². The van der Waals surface area contributed by atoms with Crippen LogP contribution in [0.5, 0.6) is 0 Å². The Bertz CT molecular complexity index is 1470. The van der Waals surface area contributed by atoms with E-state index >= 15 is 0 Å². The first-order chi connectivity index (χ1) is 16.4. The van der Waals surface area contributed by atoms with Crippen LogP contribution in [0.25, 0.3) is 5.82 Å². The summed E-state index contributed by atoms with van der Waals surface area (Å²) in [4.78, 5) is 30.8. The Morgan fingerprint density at radius 2 is 1.94 bits per heavy atom. The fraction of sp³-hybridized carbons (Fsp3) is 0.273. The fourth-order valence-corrected chi connectivity index (χ4v) is 6.78. The van der Waals surface area contributed by atoms with E-state index in [2.05, 4.69) is 52.6 Å². The molecule has 1 atom stereocenters. The van der Waals surface area contributed by atoms with Crippen LogP contribution in [0, 0.1) is 0 Å².